The maximum absolute atomic E-state index is 13.6. The minimum Gasteiger partial charge on any atom is -0.453 e. The predicted octanol–water partition coefficient (Wildman–Crippen LogP) is 4.16. The predicted molar refractivity (Wildman–Crippen MR) is 206 cm³/mol. The molecule has 2 saturated heterocycles. The lowest BCUT2D eigenvalue weighted by atomic mass is 10.0. The fourth-order valence-electron chi connectivity index (χ4n) is 7.38. The minimum atomic E-state index is -0.819. The largest absolute Gasteiger partial charge is 0.453 e. The number of hydrogen-bond acceptors (Lipinski definition) is 10. The van der Waals surface area contributed by atoms with Gasteiger partial charge in [0.05, 0.1) is 62.3 Å². The number of carbonyl (C=O) groups is 4. The van der Waals surface area contributed by atoms with Gasteiger partial charge in [0.25, 0.3) is 0 Å². The van der Waals surface area contributed by atoms with Crippen molar-refractivity contribution in [3.8, 4) is 33.6 Å². The van der Waals surface area contributed by atoms with Crippen LogP contribution in [0.25, 0.3) is 33.6 Å². The van der Waals surface area contributed by atoms with Crippen LogP contribution in [0.4, 0.5) is 9.59 Å². The smallest absolute Gasteiger partial charge is 0.407 e. The van der Waals surface area contributed by atoms with Crippen molar-refractivity contribution in [2.75, 3.05) is 27.3 Å². The Labute approximate surface area is 325 Å². The molecule has 4 amide bonds. The third kappa shape index (κ3) is 8.55. The Hall–Kier alpha value is -5.74. The van der Waals surface area contributed by atoms with Crippen molar-refractivity contribution in [3.05, 3.63) is 72.6 Å². The van der Waals surface area contributed by atoms with Gasteiger partial charge in [-0.2, -0.15) is 0 Å². The molecule has 0 radical (unpaired) electrons. The van der Waals surface area contributed by atoms with Gasteiger partial charge in [-0.3, -0.25) is 9.59 Å². The highest BCUT2D eigenvalue weighted by molar-refractivity contribution is 5.87. The second kappa shape index (κ2) is 17.0. The monoisotopic (exact) mass is 770 g/mol. The minimum absolute atomic E-state index is 0.126. The van der Waals surface area contributed by atoms with Crippen LogP contribution in [-0.2, 0) is 19.1 Å². The number of aromatic amines is 2. The molecule has 4 heterocycles. The van der Waals surface area contributed by atoms with E-state index >= 15 is 0 Å². The van der Waals surface area contributed by atoms with Gasteiger partial charge in [-0.15, -0.1) is 0 Å². The van der Waals surface area contributed by atoms with Gasteiger partial charge in [0.2, 0.25) is 11.8 Å². The van der Waals surface area contributed by atoms with Crippen LogP contribution in [0, 0.1) is 11.8 Å². The van der Waals surface area contributed by atoms with Gasteiger partial charge in [-0.25, -0.2) is 19.6 Å². The van der Waals surface area contributed by atoms with Gasteiger partial charge in [-0.05, 0) is 34.1 Å². The molecule has 2 aliphatic heterocycles. The third-order valence-electron chi connectivity index (χ3n) is 10.5. The Bertz CT molecular complexity index is 1870. The number of hydrogen-bond donors (Lipinski definition) is 6. The van der Waals surface area contributed by atoms with Crippen LogP contribution in [0.1, 0.15) is 64.3 Å². The highest BCUT2D eigenvalue weighted by Gasteiger charge is 2.42. The second-order valence-electron chi connectivity index (χ2n) is 15.0. The molecule has 0 unspecified atom stereocenters. The molecule has 298 valence electrons. The summed E-state index contributed by atoms with van der Waals surface area (Å²) in [4.78, 5) is 70.0. The molecule has 0 aliphatic carbocycles. The summed E-state index contributed by atoms with van der Waals surface area (Å²) in [5, 5.41) is 26.3. The molecule has 2 aromatic heterocycles. The summed E-state index contributed by atoms with van der Waals surface area (Å²) in [5.74, 6) is 0.0612. The summed E-state index contributed by atoms with van der Waals surface area (Å²) >= 11 is 0. The molecule has 0 bridgehead atoms. The number of likely N-dealkylation sites (tertiary alicyclic amines) is 2. The molecule has 2 aromatic carbocycles. The topological polar surface area (TPSA) is 215 Å². The molecule has 0 saturated carbocycles. The molecule has 2 fully saturated rings. The Morgan fingerprint density at radius 1 is 0.643 bits per heavy atom. The van der Waals surface area contributed by atoms with E-state index in [-0.39, 0.29) is 36.7 Å². The fraction of sp³-hybridized carbons (Fsp3) is 0.450. The van der Waals surface area contributed by atoms with Crippen LogP contribution >= 0.6 is 0 Å². The van der Waals surface area contributed by atoms with Crippen LogP contribution in [0.2, 0.25) is 0 Å². The molecule has 16 nitrogen and oxygen atoms in total. The number of imidazole rings is 2. The first kappa shape index (κ1) is 39.9. The molecule has 4 aromatic rings. The SMILES string of the molecule is COC(=O)N[C@H](C(=O)N1C[C@H](O)C[C@H]1c1ncc(-c2ccc(-c3ccc(-c4cnc([C@@H]5C[C@@H](O)CN5C(=O)[C@@H](NC(=O)OC)C(C)C)[nH]4)cc3)cc2)[nH]1)C(C)C. The van der Waals surface area contributed by atoms with Crippen molar-refractivity contribution in [3.63, 3.8) is 0 Å². The lowest BCUT2D eigenvalue weighted by Gasteiger charge is -2.29. The van der Waals surface area contributed by atoms with Crippen LogP contribution < -0.4 is 10.6 Å². The molecule has 16 heteroatoms. The van der Waals surface area contributed by atoms with Gasteiger partial charge >= 0.3 is 12.2 Å². The van der Waals surface area contributed by atoms with E-state index in [4.69, 9.17) is 9.47 Å². The Balaban J connectivity index is 1.13. The maximum atomic E-state index is 13.6. The van der Waals surface area contributed by atoms with Crippen LogP contribution in [0.15, 0.2) is 60.9 Å². The Morgan fingerprint density at radius 2 is 0.982 bits per heavy atom. The first-order chi connectivity index (χ1) is 26.8. The molecular formula is C40H50N8O8. The number of alkyl carbamates (subject to hydrolysis) is 2. The molecule has 6 atom stereocenters. The number of rotatable bonds is 11. The standard InChI is InChI=1S/C40H50N8O8/c1-21(2)33(45-39(53)55-5)37(51)47-19-27(49)15-31(47)35-41-17-29(43-35)25-11-7-23(8-12-25)24-9-13-26(14-10-24)30-18-42-36(44-30)32-16-28(50)20-48(32)38(52)34(22(3)4)46-40(54)56-6/h7-14,17-18,21-22,27-28,31-34,49-50H,15-16,19-20H2,1-6H3,(H,41,43)(H,42,44)(H,45,53)(H,46,54)/t27-,28-,31+,32+,33+,34+/m1/s1. The zero-order chi connectivity index (χ0) is 40.3. The number of benzene rings is 2. The summed E-state index contributed by atoms with van der Waals surface area (Å²) in [6, 6.07) is 13.4. The highest BCUT2D eigenvalue weighted by atomic mass is 16.5. The summed E-state index contributed by atoms with van der Waals surface area (Å²) in [5.41, 5.74) is 5.29. The lowest BCUT2D eigenvalue weighted by Crippen LogP contribution is -2.51. The average molecular weight is 771 g/mol. The number of aliphatic hydroxyl groups is 2. The summed E-state index contributed by atoms with van der Waals surface area (Å²) < 4.78 is 9.44. The van der Waals surface area contributed by atoms with Crippen LogP contribution in [0.5, 0.6) is 0 Å². The number of methoxy groups -OCH3 is 2. The normalized spacial score (nSPS) is 20.6. The van der Waals surface area contributed by atoms with Gasteiger partial charge in [0.15, 0.2) is 0 Å². The summed E-state index contributed by atoms with van der Waals surface area (Å²) in [6.07, 6.45) is 1.19. The first-order valence-electron chi connectivity index (χ1n) is 18.7. The molecule has 2 aliphatic rings. The zero-order valence-electron chi connectivity index (χ0n) is 32.4. The molecule has 56 heavy (non-hydrogen) atoms. The number of β-amino-alcohol motifs (C(OH)–C–C–N with tert-alkyl or cyclic N) is 2. The lowest BCUT2D eigenvalue weighted by molar-refractivity contribution is -0.136. The second-order valence-corrected chi connectivity index (χ2v) is 15.0. The number of aliphatic hydroxyl groups excluding tert-OH is 2. The number of carbonyl (C=O) groups excluding carboxylic acids is 4. The quantitative estimate of drug-likeness (QED) is 0.128. The van der Waals surface area contributed by atoms with E-state index in [9.17, 15) is 29.4 Å². The van der Waals surface area contributed by atoms with E-state index in [1.165, 1.54) is 14.2 Å². The van der Waals surface area contributed by atoms with Crippen molar-refractivity contribution in [1.82, 2.24) is 40.4 Å². The van der Waals surface area contributed by atoms with E-state index < -0.39 is 48.6 Å². The maximum Gasteiger partial charge on any atom is 0.407 e. The van der Waals surface area contributed by atoms with Crippen molar-refractivity contribution in [1.29, 1.82) is 0 Å². The number of H-pyrrole nitrogens is 2. The molecular weight excluding hydrogens is 720 g/mol. The highest BCUT2D eigenvalue weighted by Crippen LogP contribution is 2.35. The Kier molecular flexibility index (Phi) is 12.1. The van der Waals surface area contributed by atoms with E-state index in [2.05, 4.69) is 30.6 Å². The number of ether oxygens (including phenoxy) is 2. The van der Waals surface area contributed by atoms with Gasteiger partial charge in [0.1, 0.15) is 23.7 Å². The first-order valence-corrected chi connectivity index (χ1v) is 18.7. The van der Waals surface area contributed by atoms with Crippen molar-refractivity contribution in [2.24, 2.45) is 11.8 Å². The molecule has 0 spiro atoms. The van der Waals surface area contributed by atoms with Crippen molar-refractivity contribution < 1.29 is 38.9 Å². The number of nitrogens with zero attached hydrogens (tertiary/aromatic N) is 4. The van der Waals surface area contributed by atoms with Crippen molar-refractivity contribution >= 4 is 24.0 Å². The number of nitrogens with one attached hydrogen (secondary N) is 4. The number of amides is 4. The summed E-state index contributed by atoms with van der Waals surface area (Å²) in [7, 11) is 2.49. The Morgan fingerprint density at radius 3 is 1.30 bits per heavy atom. The number of aromatic nitrogens is 4. The average Bonchev–Trinajstić information content (AvgIpc) is 4.02. The van der Waals surface area contributed by atoms with Gasteiger partial charge in [0, 0.05) is 25.9 Å². The van der Waals surface area contributed by atoms with Crippen LogP contribution in [0.3, 0.4) is 0 Å². The van der Waals surface area contributed by atoms with Crippen LogP contribution in [-0.4, -0.2) is 116 Å². The van der Waals surface area contributed by atoms with E-state index in [1.807, 2.05) is 76.2 Å². The summed E-state index contributed by atoms with van der Waals surface area (Å²) in [6.45, 7) is 7.59. The van der Waals surface area contributed by atoms with Crippen molar-refractivity contribution in [2.45, 2.75) is 76.9 Å². The van der Waals surface area contributed by atoms with Gasteiger partial charge in [-0.1, -0.05) is 76.2 Å². The fourth-order valence-corrected chi connectivity index (χ4v) is 7.38. The third-order valence-corrected chi connectivity index (χ3v) is 10.5. The van der Waals surface area contributed by atoms with Gasteiger partial charge < -0.3 is 50.1 Å². The van der Waals surface area contributed by atoms with E-state index in [0.29, 0.717) is 24.5 Å². The zero-order valence-corrected chi connectivity index (χ0v) is 32.4. The van der Waals surface area contributed by atoms with E-state index in [0.717, 1.165) is 33.6 Å². The van der Waals surface area contributed by atoms with E-state index in [1.54, 1.807) is 22.2 Å². The molecule has 6 rings (SSSR count). The molecule has 6 N–H and O–H groups in total.